The lowest BCUT2D eigenvalue weighted by atomic mass is 10.1. The van der Waals surface area contributed by atoms with Crippen LogP contribution in [0.15, 0.2) is 48.8 Å². The summed E-state index contributed by atoms with van der Waals surface area (Å²) in [5.41, 5.74) is 4.59. The number of benzene rings is 1. The Morgan fingerprint density at radius 2 is 1.96 bits per heavy atom. The van der Waals surface area contributed by atoms with Gasteiger partial charge in [0.2, 0.25) is 5.88 Å². The Hall–Kier alpha value is -3.22. The minimum Gasteiger partial charge on any atom is -0.472 e. The number of fused-ring (bicyclic) bond motifs is 3. The number of ketones is 1. The van der Waals surface area contributed by atoms with E-state index in [4.69, 9.17) is 9.84 Å². The molecule has 1 aromatic carbocycles. The molecule has 0 spiro atoms. The summed E-state index contributed by atoms with van der Waals surface area (Å²) >= 11 is 0. The van der Waals surface area contributed by atoms with Crippen molar-refractivity contribution >= 4 is 11.5 Å². The number of ether oxygens (including phenoxy) is 1. The van der Waals surface area contributed by atoms with Crippen molar-refractivity contribution in [2.75, 3.05) is 18.0 Å². The number of carbonyl (C=O) groups is 1. The minimum atomic E-state index is -1.40. The number of hydrogen-bond donors (Lipinski definition) is 0. The van der Waals surface area contributed by atoms with E-state index in [0.717, 1.165) is 28.2 Å². The molecule has 1 unspecified atom stereocenters. The quantitative estimate of drug-likeness (QED) is 0.700. The van der Waals surface area contributed by atoms with Crippen molar-refractivity contribution in [2.24, 2.45) is 0 Å². The van der Waals surface area contributed by atoms with E-state index in [9.17, 15) is 9.18 Å². The lowest BCUT2D eigenvalue weighted by Gasteiger charge is -2.30. The van der Waals surface area contributed by atoms with Crippen LogP contribution in [0.3, 0.4) is 0 Å². The van der Waals surface area contributed by atoms with Gasteiger partial charge < -0.3 is 9.64 Å². The van der Waals surface area contributed by atoms with Crippen molar-refractivity contribution < 1.29 is 13.9 Å². The lowest BCUT2D eigenvalue weighted by Crippen LogP contribution is -2.42. The molecule has 2 aliphatic rings. The molecular weight excluding hydrogens is 347 g/mol. The topological polar surface area (TPSA) is 60.2 Å². The fourth-order valence-corrected chi connectivity index (χ4v) is 3.55. The van der Waals surface area contributed by atoms with Gasteiger partial charge in [0, 0.05) is 36.6 Å². The summed E-state index contributed by atoms with van der Waals surface area (Å²) in [5.74, 6) is 0.299. The molecule has 1 fully saturated rings. The van der Waals surface area contributed by atoms with E-state index in [1.54, 1.807) is 6.20 Å². The number of rotatable bonds is 2. The van der Waals surface area contributed by atoms with Crippen LogP contribution in [0.5, 0.6) is 5.88 Å². The first-order chi connectivity index (χ1) is 13.2. The smallest absolute Gasteiger partial charge is 0.223 e. The van der Waals surface area contributed by atoms with Crippen LogP contribution >= 0.6 is 0 Å². The van der Waals surface area contributed by atoms with Gasteiger partial charge in [-0.3, -0.25) is 4.79 Å². The third-order valence-electron chi connectivity index (χ3n) is 5.02. The van der Waals surface area contributed by atoms with Crippen molar-refractivity contribution in [1.29, 1.82) is 0 Å². The molecule has 3 aromatic rings. The summed E-state index contributed by atoms with van der Waals surface area (Å²) in [6.45, 7) is 1.11. The Balaban J connectivity index is 1.42. The number of halogens is 1. The van der Waals surface area contributed by atoms with Gasteiger partial charge in [-0.1, -0.05) is 0 Å². The Morgan fingerprint density at radius 1 is 1.15 bits per heavy atom. The van der Waals surface area contributed by atoms with Crippen LogP contribution in [-0.4, -0.2) is 39.8 Å². The first kappa shape index (κ1) is 16.0. The molecule has 4 heterocycles. The van der Waals surface area contributed by atoms with E-state index in [1.807, 2.05) is 52.2 Å². The highest BCUT2D eigenvalue weighted by atomic mass is 19.1. The average molecular weight is 364 g/mol. The van der Waals surface area contributed by atoms with Gasteiger partial charge in [0.05, 0.1) is 17.8 Å². The Kier molecular flexibility index (Phi) is 3.67. The molecular formula is C20H17FN4O2. The molecule has 7 heteroatoms. The SMILES string of the molecule is O=C1CCN(c2ccc(-n3cc4c(n3)-c3cccnc3OC4)cc2)CC1F. The minimum absolute atomic E-state index is 0.120. The third-order valence-corrected chi connectivity index (χ3v) is 5.02. The Bertz CT molecular complexity index is 1020. The maximum atomic E-state index is 13.7. The van der Waals surface area contributed by atoms with E-state index in [0.29, 0.717) is 19.0 Å². The summed E-state index contributed by atoms with van der Waals surface area (Å²) in [4.78, 5) is 17.5. The second-order valence-corrected chi connectivity index (χ2v) is 6.74. The molecule has 136 valence electrons. The molecule has 2 aromatic heterocycles. The largest absolute Gasteiger partial charge is 0.472 e. The Labute approximate surface area is 155 Å². The van der Waals surface area contributed by atoms with Gasteiger partial charge in [-0.15, -0.1) is 0 Å². The van der Waals surface area contributed by atoms with Crippen LogP contribution in [0.2, 0.25) is 0 Å². The summed E-state index contributed by atoms with van der Waals surface area (Å²) in [6, 6.07) is 11.6. The number of piperidine rings is 1. The van der Waals surface area contributed by atoms with Gasteiger partial charge in [0.1, 0.15) is 12.3 Å². The highest BCUT2D eigenvalue weighted by Gasteiger charge is 2.27. The van der Waals surface area contributed by atoms with Gasteiger partial charge in [-0.2, -0.15) is 5.10 Å². The van der Waals surface area contributed by atoms with Gasteiger partial charge in [0.25, 0.3) is 0 Å². The van der Waals surface area contributed by atoms with Crippen molar-refractivity contribution in [3.8, 4) is 22.8 Å². The van der Waals surface area contributed by atoms with Crippen LogP contribution in [-0.2, 0) is 11.4 Å². The van der Waals surface area contributed by atoms with Crippen LogP contribution in [0.25, 0.3) is 16.9 Å². The monoisotopic (exact) mass is 364 g/mol. The molecule has 1 saturated heterocycles. The van der Waals surface area contributed by atoms with Crippen LogP contribution < -0.4 is 9.64 Å². The van der Waals surface area contributed by atoms with E-state index in [-0.39, 0.29) is 18.7 Å². The number of aromatic nitrogens is 3. The van der Waals surface area contributed by atoms with Gasteiger partial charge in [0.15, 0.2) is 12.0 Å². The molecule has 1 atom stereocenters. The normalized spacial score (nSPS) is 18.6. The fraction of sp³-hybridized carbons (Fsp3) is 0.250. The number of anilines is 1. The first-order valence-corrected chi connectivity index (χ1v) is 8.88. The number of alkyl halides is 1. The van der Waals surface area contributed by atoms with Crippen molar-refractivity contribution in [3.05, 3.63) is 54.4 Å². The number of pyridine rings is 1. The van der Waals surface area contributed by atoms with Crippen LogP contribution in [0.4, 0.5) is 10.1 Å². The number of hydrogen-bond acceptors (Lipinski definition) is 5. The molecule has 5 rings (SSSR count). The van der Waals surface area contributed by atoms with Crippen LogP contribution in [0, 0.1) is 0 Å². The van der Waals surface area contributed by atoms with Crippen LogP contribution in [0.1, 0.15) is 12.0 Å². The molecule has 0 N–H and O–H groups in total. The molecule has 0 saturated carbocycles. The highest BCUT2D eigenvalue weighted by molar-refractivity contribution is 5.85. The molecule has 2 aliphatic heterocycles. The summed E-state index contributed by atoms with van der Waals surface area (Å²) in [6.07, 6.45) is 2.51. The zero-order chi connectivity index (χ0) is 18.4. The maximum absolute atomic E-state index is 13.7. The molecule has 27 heavy (non-hydrogen) atoms. The first-order valence-electron chi connectivity index (χ1n) is 8.88. The second kappa shape index (κ2) is 6.19. The molecule has 0 aliphatic carbocycles. The van der Waals surface area contributed by atoms with Crippen molar-refractivity contribution in [3.63, 3.8) is 0 Å². The fourth-order valence-electron chi connectivity index (χ4n) is 3.55. The second-order valence-electron chi connectivity index (χ2n) is 6.74. The summed E-state index contributed by atoms with van der Waals surface area (Å²) < 4.78 is 21.2. The zero-order valence-corrected chi connectivity index (χ0v) is 14.5. The maximum Gasteiger partial charge on any atom is 0.223 e. The molecule has 6 nitrogen and oxygen atoms in total. The highest BCUT2D eigenvalue weighted by Crippen LogP contribution is 2.35. The Morgan fingerprint density at radius 3 is 2.78 bits per heavy atom. The molecule has 0 bridgehead atoms. The predicted octanol–water partition coefficient (Wildman–Crippen LogP) is 2.94. The standard InChI is InChI=1S/C20H17FN4O2/c21-17-11-24(9-7-18(17)26)14-3-5-15(6-4-14)25-10-13-12-27-20-16(19(13)23-25)2-1-8-22-20/h1-6,8,10,17H,7,9,11-12H2. The zero-order valence-electron chi connectivity index (χ0n) is 14.5. The van der Waals surface area contributed by atoms with E-state index >= 15 is 0 Å². The van der Waals surface area contributed by atoms with Crippen molar-refractivity contribution in [2.45, 2.75) is 19.2 Å². The lowest BCUT2D eigenvalue weighted by molar-refractivity contribution is -0.124. The summed E-state index contributed by atoms with van der Waals surface area (Å²) in [5, 5.41) is 4.70. The predicted molar refractivity (Wildman–Crippen MR) is 97.9 cm³/mol. The average Bonchev–Trinajstić information content (AvgIpc) is 3.15. The number of nitrogens with zero attached hydrogens (tertiary/aromatic N) is 4. The van der Waals surface area contributed by atoms with Crippen molar-refractivity contribution in [1.82, 2.24) is 14.8 Å². The molecule has 0 radical (unpaired) electrons. The van der Waals surface area contributed by atoms with E-state index in [2.05, 4.69) is 4.98 Å². The summed E-state index contributed by atoms with van der Waals surface area (Å²) in [7, 11) is 0. The van der Waals surface area contributed by atoms with E-state index in [1.165, 1.54) is 0 Å². The van der Waals surface area contributed by atoms with Gasteiger partial charge >= 0.3 is 0 Å². The number of Topliss-reactive ketones (excluding diaryl/α,β-unsaturated/α-hetero) is 1. The van der Waals surface area contributed by atoms with E-state index < -0.39 is 6.17 Å². The molecule has 0 amide bonds. The van der Waals surface area contributed by atoms with Gasteiger partial charge in [-0.25, -0.2) is 14.1 Å². The number of carbonyl (C=O) groups excluding carboxylic acids is 1. The van der Waals surface area contributed by atoms with Gasteiger partial charge in [-0.05, 0) is 36.4 Å². The third kappa shape index (κ3) is 2.75.